The van der Waals surface area contributed by atoms with E-state index in [1.807, 2.05) is 0 Å². The van der Waals surface area contributed by atoms with Crippen LogP contribution in [0.3, 0.4) is 0 Å². The molecule has 8 nitrogen and oxygen atoms in total. The zero-order valence-corrected chi connectivity index (χ0v) is 16.7. The highest BCUT2D eigenvalue weighted by Gasteiger charge is 2.35. The first kappa shape index (κ1) is 20.6. The van der Waals surface area contributed by atoms with Crippen LogP contribution in [-0.4, -0.2) is 91.3 Å². The highest BCUT2D eigenvalue weighted by Crippen LogP contribution is 2.17. The molecule has 1 aromatic rings. The van der Waals surface area contributed by atoms with Crippen LogP contribution in [0.15, 0.2) is 24.3 Å². The van der Waals surface area contributed by atoms with Crippen LogP contribution < -0.4 is 10.6 Å². The molecular weight excluding hydrogens is 382 g/mol. The molecule has 2 saturated heterocycles. The monoisotopic (exact) mass is 407 g/mol. The predicted octanol–water partition coefficient (Wildman–Crippen LogP) is 0.243. The van der Waals surface area contributed by atoms with E-state index in [1.165, 1.54) is 4.90 Å². The lowest BCUT2D eigenvalue weighted by Crippen LogP contribution is -2.60. The van der Waals surface area contributed by atoms with Gasteiger partial charge in [0.15, 0.2) is 0 Å². The van der Waals surface area contributed by atoms with Gasteiger partial charge in [-0.1, -0.05) is 17.7 Å². The van der Waals surface area contributed by atoms with E-state index in [0.717, 1.165) is 26.2 Å². The quantitative estimate of drug-likeness (QED) is 0.730. The van der Waals surface area contributed by atoms with E-state index in [4.69, 9.17) is 11.6 Å². The number of piperazine rings is 2. The number of nitrogens with zero attached hydrogens (tertiary/aromatic N) is 3. The van der Waals surface area contributed by atoms with Crippen molar-refractivity contribution in [1.82, 2.24) is 20.0 Å². The lowest BCUT2D eigenvalue weighted by molar-refractivity contribution is -0.145. The van der Waals surface area contributed by atoms with Crippen LogP contribution in [-0.2, 0) is 14.4 Å². The lowest BCUT2D eigenvalue weighted by Gasteiger charge is -2.37. The minimum atomic E-state index is -0.798. The molecule has 0 aromatic heterocycles. The molecule has 3 amide bonds. The molecule has 0 bridgehead atoms. The van der Waals surface area contributed by atoms with Crippen molar-refractivity contribution < 1.29 is 14.4 Å². The highest BCUT2D eigenvalue weighted by molar-refractivity contribution is 6.30. The minimum Gasteiger partial charge on any atom is -0.353 e. The summed E-state index contributed by atoms with van der Waals surface area (Å²) in [7, 11) is 2.06. The van der Waals surface area contributed by atoms with Crippen molar-refractivity contribution in [1.29, 1.82) is 0 Å². The number of carbonyl (C=O) groups is 3. The van der Waals surface area contributed by atoms with Crippen molar-refractivity contribution in [2.45, 2.75) is 12.5 Å². The Kier molecular flexibility index (Phi) is 6.88. The predicted molar refractivity (Wildman–Crippen MR) is 107 cm³/mol. The summed E-state index contributed by atoms with van der Waals surface area (Å²) in [6.07, 6.45) is -0.0905. The van der Waals surface area contributed by atoms with E-state index in [0.29, 0.717) is 23.8 Å². The van der Waals surface area contributed by atoms with Crippen molar-refractivity contribution in [3.05, 3.63) is 29.3 Å². The maximum absolute atomic E-state index is 12.8. The third kappa shape index (κ3) is 5.43. The maximum Gasteiger partial charge on any atom is 0.243 e. The summed E-state index contributed by atoms with van der Waals surface area (Å²) < 4.78 is 0. The first-order valence-corrected chi connectivity index (χ1v) is 9.83. The maximum atomic E-state index is 12.8. The van der Waals surface area contributed by atoms with E-state index in [9.17, 15) is 14.4 Å². The van der Waals surface area contributed by atoms with Gasteiger partial charge in [-0.05, 0) is 25.2 Å². The number of benzene rings is 1. The average molecular weight is 408 g/mol. The Morgan fingerprint density at radius 2 is 1.96 bits per heavy atom. The first-order valence-electron chi connectivity index (χ1n) is 9.46. The number of anilines is 1. The minimum absolute atomic E-state index is 0.0905. The van der Waals surface area contributed by atoms with Crippen LogP contribution in [0.4, 0.5) is 5.69 Å². The van der Waals surface area contributed by atoms with Gasteiger partial charge in [0.2, 0.25) is 17.7 Å². The zero-order valence-electron chi connectivity index (χ0n) is 16.0. The lowest BCUT2D eigenvalue weighted by atomic mass is 10.1. The fourth-order valence-electron chi connectivity index (χ4n) is 3.46. The van der Waals surface area contributed by atoms with Crippen LogP contribution in [0, 0.1) is 0 Å². The molecule has 0 spiro atoms. The van der Waals surface area contributed by atoms with Crippen molar-refractivity contribution in [3.8, 4) is 0 Å². The Bertz CT molecular complexity index is 736. The third-order valence-corrected chi connectivity index (χ3v) is 5.33. The summed E-state index contributed by atoms with van der Waals surface area (Å²) in [6, 6.07) is 6.01. The van der Waals surface area contributed by atoms with Crippen LogP contribution >= 0.6 is 11.6 Å². The number of likely N-dealkylation sites (N-methyl/N-ethyl adjacent to an activating group) is 1. The fraction of sp³-hybridized carbons (Fsp3) is 0.526. The number of carbonyl (C=O) groups excluding carboxylic acids is 3. The molecule has 2 aliphatic rings. The topological polar surface area (TPSA) is 85.0 Å². The molecule has 0 radical (unpaired) electrons. The van der Waals surface area contributed by atoms with Crippen LogP contribution in [0.1, 0.15) is 6.42 Å². The number of rotatable bonds is 5. The number of nitrogens with one attached hydrogen (secondary N) is 2. The van der Waals surface area contributed by atoms with Gasteiger partial charge in [0.05, 0.1) is 13.0 Å². The summed E-state index contributed by atoms with van der Waals surface area (Å²) in [4.78, 5) is 43.5. The summed E-state index contributed by atoms with van der Waals surface area (Å²) >= 11 is 5.93. The van der Waals surface area contributed by atoms with Crippen molar-refractivity contribution >= 4 is 35.0 Å². The molecule has 0 unspecified atom stereocenters. The molecule has 9 heteroatoms. The van der Waals surface area contributed by atoms with Gasteiger partial charge < -0.3 is 20.4 Å². The molecule has 2 N–H and O–H groups in total. The highest BCUT2D eigenvalue weighted by atomic mass is 35.5. The Hall–Kier alpha value is -2.16. The van der Waals surface area contributed by atoms with E-state index in [1.54, 1.807) is 24.3 Å². The normalized spacial score (nSPS) is 21.3. The van der Waals surface area contributed by atoms with E-state index < -0.39 is 6.04 Å². The van der Waals surface area contributed by atoms with Crippen LogP contribution in [0.25, 0.3) is 0 Å². The Labute approximate surface area is 169 Å². The SMILES string of the molecule is CN1CCN(CC(=O)N2CCNC(=O)[C@@H]2CC(=O)Nc2cccc(Cl)c2)CC1. The van der Waals surface area contributed by atoms with Gasteiger partial charge in [0.1, 0.15) is 6.04 Å². The number of amides is 3. The standard InChI is InChI=1S/C19H26ClN5O3/c1-23-7-9-24(10-8-23)13-18(27)25-6-5-21-19(28)16(25)12-17(26)22-15-4-2-3-14(20)11-15/h2-4,11,16H,5-10,12-13H2,1H3,(H,21,28)(H,22,26)/t16-/m0/s1. The summed E-state index contributed by atoms with van der Waals surface area (Å²) in [5.74, 6) is -0.735. The number of hydrogen-bond acceptors (Lipinski definition) is 5. The molecule has 2 heterocycles. The van der Waals surface area contributed by atoms with Gasteiger partial charge in [-0.25, -0.2) is 0 Å². The average Bonchev–Trinajstić information content (AvgIpc) is 2.65. The summed E-state index contributed by atoms with van der Waals surface area (Å²) in [5.41, 5.74) is 0.559. The first-order chi connectivity index (χ1) is 13.4. The molecule has 2 fully saturated rings. The smallest absolute Gasteiger partial charge is 0.243 e. The Morgan fingerprint density at radius 3 is 2.68 bits per heavy atom. The van der Waals surface area contributed by atoms with Crippen molar-refractivity contribution in [2.24, 2.45) is 0 Å². The molecule has 2 aliphatic heterocycles. The summed E-state index contributed by atoms with van der Waals surface area (Å²) in [5, 5.41) is 6.00. The molecule has 1 aromatic carbocycles. The van der Waals surface area contributed by atoms with E-state index >= 15 is 0 Å². The molecule has 1 atom stereocenters. The second-order valence-electron chi connectivity index (χ2n) is 7.24. The second-order valence-corrected chi connectivity index (χ2v) is 7.67. The van der Waals surface area contributed by atoms with Crippen molar-refractivity contribution in [2.75, 3.05) is 58.2 Å². The molecular formula is C19H26ClN5O3. The van der Waals surface area contributed by atoms with Crippen LogP contribution in [0.5, 0.6) is 0 Å². The van der Waals surface area contributed by atoms with Gasteiger partial charge in [0.25, 0.3) is 0 Å². The molecule has 0 aliphatic carbocycles. The van der Waals surface area contributed by atoms with Gasteiger partial charge in [-0.2, -0.15) is 0 Å². The molecule has 3 rings (SSSR count). The molecule has 152 valence electrons. The largest absolute Gasteiger partial charge is 0.353 e. The number of halogens is 1. The van der Waals surface area contributed by atoms with E-state index in [-0.39, 0.29) is 30.7 Å². The molecule has 28 heavy (non-hydrogen) atoms. The zero-order chi connectivity index (χ0) is 20.1. The number of hydrogen-bond donors (Lipinski definition) is 2. The second kappa shape index (κ2) is 9.36. The van der Waals surface area contributed by atoms with Crippen molar-refractivity contribution in [3.63, 3.8) is 0 Å². The van der Waals surface area contributed by atoms with Gasteiger partial charge in [0, 0.05) is 50.0 Å². The van der Waals surface area contributed by atoms with Gasteiger partial charge in [-0.15, -0.1) is 0 Å². The van der Waals surface area contributed by atoms with Gasteiger partial charge in [-0.3, -0.25) is 19.3 Å². The summed E-state index contributed by atoms with van der Waals surface area (Å²) in [6.45, 7) is 4.56. The Morgan fingerprint density at radius 1 is 1.21 bits per heavy atom. The third-order valence-electron chi connectivity index (χ3n) is 5.09. The fourth-order valence-corrected chi connectivity index (χ4v) is 3.65. The van der Waals surface area contributed by atoms with Crippen LogP contribution in [0.2, 0.25) is 5.02 Å². The molecule has 0 saturated carbocycles. The Balaban J connectivity index is 1.60. The van der Waals surface area contributed by atoms with Gasteiger partial charge >= 0.3 is 0 Å². The van der Waals surface area contributed by atoms with E-state index in [2.05, 4.69) is 27.5 Å².